The molecule has 0 unspecified atom stereocenters. The summed E-state index contributed by atoms with van der Waals surface area (Å²) in [7, 11) is 0. The van der Waals surface area contributed by atoms with Gasteiger partial charge in [-0.25, -0.2) is 9.13 Å². The van der Waals surface area contributed by atoms with Crippen LogP contribution in [0.5, 0.6) is 0 Å². The van der Waals surface area contributed by atoms with E-state index in [0.29, 0.717) is 0 Å². The zero-order valence-corrected chi connectivity index (χ0v) is 14.9. The van der Waals surface area contributed by atoms with Crippen LogP contribution in [0.4, 0.5) is 0 Å². The van der Waals surface area contributed by atoms with Gasteiger partial charge in [0, 0.05) is 5.02 Å². The predicted octanol–water partition coefficient (Wildman–Crippen LogP) is 5.20. The number of allylic oxidation sites excluding steroid dienone is 2. The van der Waals surface area contributed by atoms with Gasteiger partial charge < -0.3 is 0 Å². The van der Waals surface area contributed by atoms with Gasteiger partial charge in [0.25, 0.3) is 0 Å². The van der Waals surface area contributed by atoms with Crippen LogP contribution >= 0.6 is 11.6 Å². The van der Waals surface area contributed by atoms with E-state index < -0.39 is 0 Å². The van der Waals surface area contributed by atoms with Gasteiger partial charge in [-0.3, -0.25) is 0 Å². The zero-order valence-electron chi connectivity index (χ0n) is 14.1. The highest BCUT2D eigenvalue weighted by Crippen LogP contribution is 2.15. The summed E-state index contributed by atoms with van der Waals surface area (Å²) in [4.78, 5) is 0. The van der Waals surface area contributed by atoms with Crippen LogP contribution in [-0.4, -0.2) is 4.57 Å². The number of unbranched alkanes of at least 4 members (excludes halogenated alkanes) is 4. The molecule has 1 aromatic heterocycles. The highest BCUT2D eigenvalue weighted by molar-refractivity contribution is 6.31. The Hall–Kier alpha value is -1.54. The van der Waals surface area contributed by atoms with Crippen LogP contribution in [0.3, 0.4) is 0 Å². The van der Waals surface area contributed by atoms with Crippen molar-refractivity contribution in [3.63, 3.8) is 0 Å². The van der Waals surface area contributed by atoms with Crippen molar-refractivity contribution in [3.8, 4) is 0 Å². The van der Waals surface area contributed by atoms with E-state index in [-0.39, 0.29) is 0 Å². The summed E-state index contributed by atoms with van der Waals surface area (Å²) in [5.74, 6) is 0. The molecule has 0 fully saturated rings. The van der Waals surface area contributed by atoms with Crippen molar-refractivity contribution in [2.75, 3.05) is 0 Å². The standard InChI is InChI=1S/C20H28ClN2/c1-2-3-4-5-9-14-22-16-17-23(18-22)15-10-8-12-19-11-6-7-13-20(19)21/h6-8,10-11,13,16-18H,2-5,9,12,14-15H2,1H3/q+1. The van der Waals surface area contributed by atoms with Crippen molar-refractivity contribution in [1.82, 2.24) is 4.57 Å². The first-order valence-corrected chi connectivity index (χ1v) is 9.10. The Balaban J connectivity index is 1.70. The minimum absolute atomic E-state index is 0.846. The van der Waals surface area contributed by atoms with Crippen LogP contribution in [0.1, 0.15) is 44.6 Å². The molecule has 0 saturated heterocycles. The van der Waals surface area contributed by atoms with E-state index in [2.05, 4.69) is 53.0 Å². The Bertz CT molecular complexity index is 601. The van der Waals surface area contributed by atoms with Crippen LogP contribution in [0.25, 0.3) is 0 Å². The lowest BCUT2D eigenvalue weighted by Gasteiger charge is -1.98. The molecule has 2 nitrogen and oxygen atoms in total. The second-order valence-corrected chi connectivity index (χ2v) is 6.44. The summed E-state index contributed by atoms with van der Waals surface area (Å²) >= 11 is 6.16. The number of halogens is 1. The molecule has 124 valence electrons. The Morgan fingerprint density at radius 2 is 1.91 bits per heavy atom. The van der Waals surface area contributed by atoms with E-state index in [0.717, 1.165) is 24.5 Å². The lowest BCUT2D eigenvalue weighted by molar-refractivity contribution is -0.686. The Morgan fingerprint density at radius 1 is 1.09 bits per heavy atom. The maximum atomic E-state index is 6.16. The fourth-order valence-corrected chi connectivity index (χ4v) is 2.86. The predicted molar refractivity (Wildman–Crippen MR) is 97.7 cm³/mol. The number of nitrogens with zero attached hydrogens (tertiary/aromatic N) is 2. The van der Waals surface area contributed by atoms with Gasteiger partial charge in [-0.15, -0.1) is 0 Å². The number of imidazole rings is 1. The second-order valence-electron chi connectivity index (χ2n) is 6.03. The molecule has 2 aromatic rings. The van der Waals surface area contributed by atoms with Crippen molar-refractivity contribution in [2.45, 2.75) is 58.5 Å². The molecule has 0 bridgehead atoms. The molecule has 0 amide bonds. The molecule has 23 heavy (non-hydrogen) atoms. The van der Waals surface area contributed by atoms with E-state index in [1.807, 2.05) is 18.2 Å². The summed E-state index contributed by atoms with van der Waals surface area (Å²) in [6, 6.07) is 8.02. The highest BCUT2D eigenvalue weighted by atomic mass is 35.5. The molecule has 0 aliphatic rings. The number of rotatable bonds is 10. The minimum Gasteiger partial charge on any atom is -0.237 e. The quantitative estimate of drug-likeness (QED) is 0.321. The zero-order chi connectivity index (χ0) is 16.3. The average molecular weight is 332 g/mol. The van der Waals surface area contributed by atoms with Gasteiger partial charge in [-0.05, 0) is 37.0 Å². The topological polar surface area (TPSA) is 8.81 Å². The molecular weight excluding hydrogens is 304 g/mol. The number of hydrogen-bond donors (Lipinski definition) is 0. The van der Waals surface area contributed by atoms with Crippen molar-refractivity contribution in [3.05, 3.63) is 65.7 Å². The fourth-order valence-electron chi connectivity index (χ4n) is 2.65. The monoisotopic (exact) mass is 331 g/mol. The van der Waals surface area contributed by atoms with Crippen LogP contribution in [0, 0.1) is 0 Å². The van der Waals surface area contributed by atoms with Crippen LogP contribution in [0.15, 0.2) is 55.1 Å². The SMILES string of the molecule is CCCCCCCn1cc[n+](CC=CCc2ccccc2Cl)c1. The first-order chi connectivity index (χ1) is 11.3. The summed E-state index contributed by atoms with van der Waals surface area (Å²) in [5, 5.41) is 0.846. The van der Waals surface area contributed by atoms with Gasteiger partial charge in [-0.1, -0.05) is 62.1 Å². The summed E-state index contributed by atoms with van der Waals surface area (Å²) in [5.41, 5.74) is 1.18. The molecule has 1 aromatic carbocycles. The summed E-state index contributed by atoms with van der Waals surface area (Å²) in [6.07, 6.45) is 18.4. The van der Waals surface area contributed by atoms with E-state index in [1.165, 1.54) is 37.7 Å². The largest absolute Gasteiger partial charge is 0.244 e. The third-order valence-corrected chi connectivity index (χ3v) is 4.41. The maximum absolute atomic E-state index is 6.16. The smallest absolute Gasteiger partial charge is 0.237 e. The molecule has 0 saturated carbocycles. The van der Waals surface area contributed by atoms with Crippen LogP contribution in [0.2, 0.25) is 5.02 Å². The van der Waals surface area contributed by atoms with Crippen molar-refractivity contribution in [1.29, 1.82) is 0 Å². The Labute approximate surface area is 145 Å². The van der Waals surface area contributed by atoms with E-state index in [1.54, 1.807) is 0 Å². The van der Waals surface area contributed by atoms with Gasteiger partial charge >= 0.3 is 0 Å². The normalized spacial score (nSPS) is 11.4. The van der Waals surface area contributed by atoms with Crippen molar-refractivity contribution < 1.29 is 4.57 Å². The Kier molecular flexibility index (Phi) is 7.96. The van der Waals surface area contributed by atoms with Gasteiger partial charge in [0.15, 0.2) is 0 Å². The molecular formula is C20H28ClN2+. The van der Waals surface area contributed by atoms with Crippen LogP contribution < -0.4 is 4.57 Å². The number of aromatic nitrogens is 2. The first-order valence-electron chi connectivity index (χ1n) is 8.73. The molecule has 1 heterocycles. The van der Waals surface area contributed by atoms with Gasteiger partial charge in [-0.2, -0.15) is 0 Å². The fraction of sp³-hybridized carbons (Fsp3) is 0.450. The molecule has 3 heteroatoms. The van der Waals surface area contributed by atoms with Crippen molar-refractivity contribution in [2.24, 2.45) is 0 Å². The molecule has 0 atom stereocenters. The maximum Gasteiger partial charge on any atom is 0.244 e. The third-order valence-electron chi connectivity index (χ3n) is 4.04. The highest BCUT2D eigenvalue weighted by Gasteiger charge is 2.02. The van der Waals surface area contributed by atoms with Crippen LogP contribution in [-0.2, 0) is 19.5 Å². The number of benzene rings is 1. The first kappa shape index (κ1) is 17.8. The lowest BCUT2D eigenvalue weighted by atomic mass is 10.1. The second kappa shape index (κ2) is 10.3. The lowest BCUT2D eigenvalue weighted by Crippen LogP contribution is -2.29. The van der Waals surface area contributed by atoms with E-state index in [4.69, 9.17) is 11.6 Å². The van der Waals surface area contributed by atoms with Gasteiger partial charge in [0.1, 0.15) is 18.9 Å². The van der Waals surface area contributed by atoms with Gasteiger partial charge in [0.05, 0.1) is 6.54 Å². The number of aryl methyl sites for hydroxylation is 1. The average Bonchev–Trinajstić information content (AvgIpc) is 3.01. The van der Waals surface area contributed by atoms with Crippen molar-refractivity contribution >= 4 is 11.6 Å². The minimum atomic E-state index is 0.846. The Morgan fingerprint density at radius 3 is 2.74 bits per heavy atom. The molecule has 0 aliphatic carbocycles. The van der Waals surface area contributed by atoms with Gasteiger partial charge in [0.2, 0.25) is 6.33 Å². The molecule has 0 spiro atoms. The summed E-state index contributed by atoms with van der Waals surface area (Å²) < 4.78 is 4.50. The molecule has 0 aliphatic heterocycles. The number of hydrogen-bond acceptors (Lipinski definition) is 0. The third kappa shape index (κ3) is 6.62. The molecule has 0 N–H and O–H groups in total. The summed E-state index contributed by atoms with van der Waals surface area (Å²) in [6.45, 7) is 4.29. The van der Waals surface area contributed by atoms with E-state index in [9.17, 15) is 0 Å². The van der Waals surface area contributed by atoms with E-state index >= 15 is 0 Å². The molecule has 0 radical (unpaired) electrons. The molecule has 2 rings (SSSR count).